The zero-order chi connectivity index (χ0) is 18.7. The first-order valence-corrected chi connectivity index (χ1v) is 9.31. The van der Waals surface area contributed by atoms with Gasteiger partial charge in [-0.3, -0.25) is 9.69 Å². The van der Waals surface area contributed by atoms with Crippen LogP contribution in [-0.4, -0.2) is 42.8 Å². The zero-order valence-corrected chi connectivity index (χ0v) is 16.4. The second kappa shape index (κ2) is 8.10. The van der Waals surface area contributed by atoms with Gasteiger partial charge in [-0.15, -0.1) is 0 Å². The Bertz CT molecular complexity index is 773. The third-order valence-electron chi connectivity index (χ3n) is 4.85. The number of carboxylic acids is 1. The quantitative estimate of drug-likeness (QED) is 0.763. The number of methoxy groups -OCH3 is 2. The molecule has 138 valence electrons. The van der Waals surface area contributed by atoms with Gasteiger partial charge in [0.25, 0.3) is 0 Å². The summed E-state index contributed by atoms with van der Waals surface area (Å²) in [6.45, 7) is 0.699. The molecule has 0 spiro atoms. The van der Waals surface area contributed by atoms with Crippen molar-refractivity contribution in [1.82, 2.24) is 4.90 Å². The van der Waals surface area contributed by atoms with Crippen molar-refractivity contribution in [3.05, 3.63) is 58.1 Å². The smallest absolute Gasteiger partial charge is 0.320 e. The van der Waals surface area contributed by atoms with Crippen molar-refractivity contribution < 1.29 is 19.4 Å². The molecule has 1 N–H and O–H groups in total. The Balaban J connectivity index is 2.23. The highest BCUT2D eigenvalue weighted by molar-refractivity contribution is 9.10. The molecule has 2 aromatic rings. The highest BCUT2D eigenvalue weighted by Gasteiger charge is 2.39. The summed E-state index contributed by atoms with van der Waals surface area (Å²) < 4.78 is 12.2. The molecule has 0 bridgehead atoms. The van der Waals surface area contributed by atoms with Gasteiger partial charge in [-0.25, -0.2) is 0 Å². The number of likely N-dealkylation sites (tertiary alicyclic amines) is 1. The topological polar surface area (TPSA) is 59.0 Å². The van der Waals surface area contributed by atoms with Gasteiger partial charge in [0, 0.05) is 11.0 Å². The van der Waals surface area contributed by atoms with E-state index in [2.05, 4.69) is 15.9 Å². The van der Waals surface area contributed by atoms with Crippen LogP contribution in [0, 0.1) is 0 Å². The van der Waals surface area contributed by atoms with Crippen molar-refractivity contribution in [3.63, 3.8) is 0 Å². The van der Waals surface area contributed by atoms with E-state index in [1.807, 2.05) is 47.4 Å². The third-order valence-corrected chi connectivity index (χ3v) is 5.57. The lowest BCUT2D eigenvalue weighted by Gasteiger charge is -2.34. The van der Waals surface area contributed by atoms with E-state index >= 15 is 0 Å². The van der Waals surface area contributed by atoms with E-state index < -0.39 is 12.0 Å². The van der Waals surface area contributed by atoms with Crippen LogP contribution in [0.4, 0.5) is 0 Å². The number of benzene rings is 2. The number of ether oxygens (including phenoxy) is 2. The maximum absolute atomic E-state index is 11.9. The number of hydrogen-bond acceptors (Lipinski definition) is 4. The van der Waals surface area contributed by atoms with Crippen LogP contribution in [0.3, 0.4) is 0 Å². The van der Waals surface area contributed by atoms with Gasteiger partial charge in [-0.2, -0.15) is 0 Å². The van der Waals surface area contributed by atoms with Crippen LogP contribution in [0.2, 0.25) is 0 Å². The minimum Gasteiger partial charge on any atom is -0.496 e. The molecule has 1 aliphatic rings. The Morgan fingerprint density at radius 1 is 1.15 bits per heavy atom. The van der Waals surface area contributed by atoms with Crippen molar-refractivity contribution in [2.75, 3.05) is 20.8 Å². The zero-order valence-electron chi connectivity index (χ0n) is 14.8. The van der Waals surface area contributed by atoms with Crippen molar-refractivity contribution in [3.8, 4) is 11.5 Å². The Morgan fingerprint density at radius 2 is 1.81 bits per heavy atom. The Hall–Kier alpha value is -2.05. The van der Waals surface area contributed by atoms with Crippen molar-refractivity contribution in [2.24, 2.45) is 0 Å². The van der Waals surface area contributed by atoms with Gasteiger partial charge in [0.2, 0.25) is 0 Å². The average molecular weight is 420 g/mol. The highest BCUT2D eigenvalue weighted by atomic mass is 79.9. The summed E-state index contributed by atoms with van der Waals surface area (Å²) in [7, 11) is 3.24. The van der Waals surface area contributed by atoms with Gasteiger partial charge in [0.15, 0.2) is 0 Å². The number of carbonyl (C=O) groups is 1. The molecule has 1 aliphatic heterocycles. The van der Waals surface area contributed by atoms with Gasteiger partial charge in [-0.1, -0.05) is 40.2 Å². The molecule has 3 rings (SSSR count). The molecule has 6 heteroatoms. The van der Waals surface area contributed by atoms with E-state index in [1.54, 1.807) is 14.2 Å². The minimum atomic E-state index is -0.798. The lowest BCUT2D eigenvalue weighted by atomic mass is 9.94. The lowest BCUT2D eigenvalue weighted by molar-refractivity contribution is -0.142. The first kappa shape index (κ1) is 18.7. The Morgan fingerprint density at radius 3 is 2.38 bits per heavy atom. The number of carboxylic acid groups (broad SMARTS) is 1. The molecular formula is C20H22BrNO4. The fourth-order valence-corrected chi connectivity index (χ4v) is 4.21. The summed E-state index contributed by atoms with van der Waals surface area (Å²) in [4.78, 5) is 13.9. The van der Waals surface area contributed by atoms with E-state index in [9.17, 15) is 9.90 Å². The first-order valence-electron chi connectivity index (χ1n) is 8.52. The number of hydrogen-bond donors (Lipinski definition) is 1. The molecule has 0 amide bonds. The highest BCUT2D eigenvalue weighted by Crippen LogP contribution is 2.45. The average Bonchev–Trinajstić information content (AvgIpc) is 3.13. The van der Waals surface area contributed by atoms with E-state index in [0.29, 0.717) is 24.5 Å². The van der Waals surface area contributed by atoms with Gasteiger partial charge >= 0.3 is 5.97 Å². The van der Waals surface area contributed by atoms with Crippen LogP contribution in [0.5, 0.6) is 11.5 Å². The number of rotatable bonds is 6. The molecule has 2 atom stereocenters. The standard InChI is InChI=1S/C20H22BrNO4/c1-25-16-10-5-11-17(26-2)18(16)19(13-7-3-4-8-14(13)21)22-12-6-9-15(22)20(23)24/h3-5,7-8,10-11,15,19H,6,9,12H2,1-2H3,(H,23,24). The number of nitrogens with zero attached hydrogens (tertiary/aromatic N) is 1. The fraction of sp³-hybridized carbons (Fsp3) is 0.350. The lowest BCUT2D eigenvalue weighted by Crippen LogP contribution is -2.39. The van der Waals surface area contributed by atoms with Gasteiger partial charge in [0.05, 0.1) is 25.8 Å². The molecule has 5 nitrogen and oxygen atoms in total. The minimum absolute atomic E-state index is 0.291. The number of aliphatic carboxylic acids is 1. The molecule has 2 aromatic carbocycles. The Kier molecular flexibility index (Phi) is 5.84. The maximum atomic E-state index is 11.9. The predicted molar refractivity (Wildman–Crippen MR) is 103 cm³/mol. The fourth-order valence-electron chi connectivity index (χ4n) is 3.71. The molecule has 0 radical (unpaired) electrons. The number of halogens is 1. The molecule has 1 fully saturated rings. The SMILES string of the molecule is COc1cccc(OC)c1C(c1ccccc1Br)N1CCCC1C(=O)O. The molecule has 26 heavy (non-hydrogen) atoms. The summed E-state index contributed by atoms with van der Waals surface area (Å²) in [6.07, 6.45) is 1.48. The van der Waals surface area contributed by atoms with Gasteiger partial charge in [-0.05, 0) is 36.6 Å². The Labute approximate surface area is 161 Å². The van der Waals surface area contributed by atoms with Crippen molar-refractivity contribution >= 4 is 21.9 Å². The predicted octanol–water partition coefficient (Wildman–Crippen LogP) is 4.10. The van der Waals surface area contributed by atoms with Crippen LogP contribution in [0.25, 0.3) is 0 Å². The normalized spacial score (nSPS) is 18.5. The summed E-state index contributed by atoms with van der Waals surface area (Å²) >= 11 is 3.64. The van der Waals surface area contributed by atoms with E-state index in [4.69, 9.17) is 9.47 Å². The summed E-state index contributed by atoms with van der Waals surface area (Å²) in [5.41, 5.74) is 1.83. The van der Waals surface area contributed by atoms with Crippen LogP contribution in [-0.2, 0) is 4.79 Å². The molecule has 0 aliphatic carbocycles. The van der Waals surface area contributed by atoms with E-state index in [1.165, 1.54) is 0 Å². The molecule has 1 saturated heterocycles. The molecule has 1 heterocycles. The monoisotopic (exact) mass is 419 g/mol. The van der Waals surface area contributed by atoms with Crippen LogP contribution in [0.15, 0.2) is 46.9 Å². The second-order valence-corrected chi connectivity index (χ2v) is 7.09. The molecule has 0 aromatic heterocycles. The first-order chi connectivity index (χ1) is 12.6. The van der Waals surface area contributed by atoms with Crippen LogP contribution < -0.4 is 9.47 Å². The maximum Gasteiger partial charge on any atom is 0.320 e. The van der Waals surface area contributed by atoms with Crippen molar-refractivity contribution in [1.29, 1.82) is 0 Å². The van der Waals surface area contributed by atoms with Crippen LogP contribution in [0.1, 0.15) is 30.0 Å². The van der Waals surface area contributed by atoms with Gasteiger partial charge < -0.3 is 14.6 Å². The van der Waals surface area contributed by atoms with Crippen LogP contribution >= 0.6 is 15.9 Å². The summed E-state index contributed by atoms with van der Waals surface area (Å²) in [6, 6.07) is 12.7. The van der Waals surface area contributed by atoms with Gasteiger partial charge in [0.1, 0.15) is 17.5 Å². The summed E-state index contributed by atoms with van der Waals surface area (Å²) in [5, 5.41) is 9.73. The van der Waals surface area contributed by atoms with E-state index in [-0.39, 0.29) is 6.04 Å². The molecular weight excluding hydrogens is 398 g/mol. The molecule has 0 saturated carbocycles. The third kappa shape index (κ3) is 3.44. The van der Waals surface area contributed by atoms with E-state index in [0.717, 1.165) is 22.0 Å². The van der Waals surface area contributed by atoms with Crippen molar-refractivity contribution in [2.45, 2.75) is 24.9 Å². The summed E-state index contributed by atoms with van der Waals surface area (Å²) in [5.74, 6) is 0.565. The molecule has 2 unspecified atom stereocenters. The second-order valence-electron chi connectivity index (χ2n) is 6.23. The largest absolute Gasteiger partial charge is 0.496 e.